The van der Waals surface area contributed by atoms with Crippen molar-refractivity contribution in [2.24, 2.45) is 0 Å². The van der Waals surface area contributed by atoms with Crippen molar-refractivity contribution >= 4 is 71.6 Å². The lowest BCUT2D eigenvalue weighted by Gasteiger charge is -2.28. The Morgan fingerprint density at radius 2 is 0.902 bits per heavy atom. The Kier molecular flexibility index (Phi) is 8.17. The molecule has 0 aliphatic rings. The average Bonchev–Trinajstić information content (AvgIpc) is 3.88. The smallest absolute Gasteiger partial charge is 0.143 e. The fraction of sp³-hybridized carbons (Fsp3) is 0. The summed E-state index contributed by atoms with van der Waals surface area (Å²) in [6.45, 7) is 0. The summed E-state index contributed by atoms with van der Waals surface area (Å²) < 4.78 is 8.83. The summed E-state index contributed by atoms with van der Waals surface area (Å²) in [5, 5.41) is 7.12. The van der Waals surface area contributed by atoms with Crippen LogP contribution in [-0.2, 0) is 0 Å². The number of hydrogen-bond acceptors (Lipinski definition) is 2. The number of para-hydroxylation sites is 4. The van der Waals surface area contributed by atoms with Crippen LogP contribution in [0.15, 0.2) is 235 Å². The molecule has 2 aromatic heterocycles. The predicted octanol–water partition coefficient (Wildman–Crippen LogP) is 16.3. The van der Waals surface area contributed by atoms with Crippen LogP contribution < -0.4 is 4.90 Å². The van der Waals surface area contributed by atoms with Gasteiger partial charge in [-0.25, -0.2) is 0 Å². The molecule has 12 aromatic rings. The molecular formula is C58H38N2O. The number of benzene rings is 10. The van der Waals surface area contributed by atoms with E-state index in [1.807, 2.05) is 12.1 Å². The lowest BCUT2D eigenvalue weighted by Crippen LogP contribution is -2.10. The van der Waals surface area contributed by atoms with E-state index in [4.69, 9.17) is 4.42 Å². The first kappa shape index (κ1) is 34.9. The molecule has 0 unspecified atom stereocenters. The molecule has 12 rings (SSSR count). The summed E-state index contributed by atoms with van der Waals surface area (Å²) in [5.41, 5.74) is 15.6. The lowest BCUT2D eigenvalue weighted by atomic mass is 9.95. The second-order valence-corrected chi connectivity index (χ2v) is 15.7. The maximum Gasteiger partial charge on any atom is 0.143 e. The van der Waals surface area contributed by atoms with E-state index in [9.17, 15) is 0 Å². The van der Waals surface area contributed by atoms with Crippen molar-refractivity contribution < 1.29 is 4.42 Å². The minimum Gasteiger partial charge on any atom is -0.455 e. The Labute approximate surface area is 353 Å². The molecule has 3 heteroatoms. The first-order chi connectivity index (χ1) is 30.3. The van der Waals surface area contributed by atoms with Gasteiger partial charge in [0.25, 0.3) is 0 Å². The van der Waals surface area contributed by atoms with Crippen molar-refractivity contribution in [3.63, 3.8) is 0 Å². The average molecular weight is 779 g/mol. The van der Waals surface area contributed by atoms with Gasteiger partial charge >= 0.3 is 0 Å². The molecule has 286 valence electrons. The Hall–Kier alpha value is -8.14. The highest BCUT2D eigenvalue weighted by Crippen LogP contribution is 2.44. The van der Waals surface area contributed by atoms with Crippen LogP contribution >= 0.6 is 0 Å². The Morgan fingerprint density at radius 3 is 1.67 bits per heavy atom. The zero-order valence-electron chi connectivity index (χ0n) is 33.2. The second-order valence-electron chi connectivity index (χ2n) is 15.7. The molecule has 0 bridgehead atoms. The normalized spacial score (nSPS) is 11.6. The van der Waals surface area contributed by atoms with Gasteiger partial charge in [-0.05, 0) is 99.9 Å². The fourth-order valence-corrected chi connectivity index (χ4v) is 9.35. The number of nitrogens with zero attached hydrogens (tertiary/aromatic N) is 2. The van der Waals surface area contributed by atoms with E-state index in [1.54, 1.807) is 0 Å². The number of rotatable bonds is 7. The van der Waals surface area contributed by atoms with E-state index >= 15 is 0 Å². The molecular weight excluding hydrogens is 741 g/mol. The topological polar surface area (TPSA) is 21.3 Å². The molecule has 61 heavy (non-hydrogen) atoms. The zero-order chi connectivity index (χ0) is 40.3. The number of aromatic nitrogens is 1. The third-order valence-electron chi connectivity index (χ3n) is 12.2. The highest BCUT2D eigenvalue weighted by molar-refractivity contribution is 6.13. The lowest BCUT2D eigenvalue weighted by molar-refractivity contribution is 0.670. The Morgan fingerprint density at radius 1 is 0.328 bits per heavy atom. The third kappa shape index (κ3) is 5.82. The summed E-state index contributed by atoms with van der Waals surface area (Å²) in [4.78, 5) is 2.39. The molecule has 0 amide bonds. The molecule has 3 nitrogen and oxygen atoms in total. The number of furan rings is 1. The first-order valence-electron chi connectivity index (χ1n) is 20.8. The van der Waals surface area contributed by atoms with Gasteiger partial charge in [0.1, 0.15) is 11.2 Å². The molecule has 0 aliphatic heterocycles. The Balaban J connectivity index is 1.00. The highest BCUT2D eigenvalue weighted by Gasteiger charge is 2.20. The molecule has 0 radical (unpaired) electrons. The van der Waals surface area contributed by atoms with Gasteiger partial charge in [0.15, 0.2) is 0 Å². The number of fused-ring (bicyclic) bond motifs is 7. The molecule has 0 aliphatic carbocycles. The van der Waals surface area contributed by atoms with Gasteiger partial charge in [0.2, 0.25) is 0 Å². The zero-order valence-corrected chi connectivity index (χ0v) is 33.2. The Bertz CT molecular complexity index is 3560. The van der Waals surface area contributed by atoms with Crippen molar-refractivity contribution in [1.82, 2.24) is 4.57 Å². The van der Waals surface area contributed by atoms with Crippen LogP contribution in [0.1, 0.15) is 0 Å². The van der Waals surface area contributed by atoms with E-state index < -0.39 is 0 Å². The summed E-state index contributed by atoms with van der Waals surface area (Å²) >= 11 is 0. The van der Waals surface area contributed by atoms with Gasteiger partial charge in [-0.15, -0.1) is 0 Å². The molecule has 0 fully saturated rings. The van der Waals surface area contributed by atoms with E-state index in [0.29, 0.717) is 0 Å². The van der Waals surface area contributed by atoms with Crippen molar-refractivity contribution in [1.29, 1.82) is 0 Å². The van der Waals surface area contributed by atoms with Crippen molar-refractivity contribution in [3.8, 4) is 39.1 Å². The summed E-state index contributed by atoms with van der Waals surface area (Å²) in [6, 6.07) is 82.9. The molecule has 0 saturated heterocycles. The van der Waals surface area contributed by atoms with Crippen LogP contribution in [0.4, 0.5) is 17.1 Å². The van der Waals surface area contributed by atoms with E-state index in [-0.39, 0.29) is 0 Å². The predicted molar refractivity (Wildman–Crippen MR) is 257 cm³/mol. The van der Waals surface area contributed by atoms with Crippen LogP contribution in [0.5, 0.6) is 0 Å². The van der Waals surface area contributed by atoms with Crippen LogP contribution in [0.2, 0.25) is 0 Å². The van der Waals surface area contributed by atoms with Gasteiger partial charge in [-0.1, -0.05) is 164 Å². The van der Waals surface area contributed by atoms with E-state index in [0.717, 1.165) is 55.8 Å². The largest absolute Gasteiger partial charge is 0.455 e. The number of hydrogen-bond donors (Lipinski definition) is 0. The van der Waals surface area contributed by atoms with Crippen LogP contribution in [0.3, 0.4) is 0 Å². The quantitative estimate of drug-likeness (QED) is 0.161. The molecule has 10 aromatic carbocycles. The van der Waals surface area contributed by atoms with E-state index in [1.165, 1.54) is 54.8 Å². The van der Waals surface area contributed by atoms with Crippen molar-refractivity contribution in [3.05, 3.63) is 231 Å². The second kappa shape index (κ2) is 14.3. The maximum absolute atomic E-state index is 6.45. The van der Waals surface area contributed by atoms with E-state index in [2.05, 4.69) is 228 Å². The monoisotopic (exact) mass is 778 g/mol. The van der Waals surface area contributed by atoms with Gasteiger partial charge in [0.05, 0.1) is 16.7 Å². The van der Waals surface area contributed by atoms with Crippen LogP contribution in [-0.4, -0.2) is 4.57 Å². The maximum atomic E-state index is 6.45. The molecule has 2 heterocycles. The summed E-state index contributed by atoms with van der Waals surface area (Å²) in [6.07, 6.45) is 0. The minimum absolute atomic E-state index is 0.904. The summed E-state index contributed by atoms with van der Waals surface area (Å²) in [5.74, 6) is 0. The van der Waals surface area contributed by atoms with Gasteiger partial charge in [-0.2, -0.15) is 0 Å². The van der Waals surface area contributed by atoms with Gasteiger partial charge < -0.3 is 13.9 Å². The van der Waals surface area contributed by atoms with Gasteiger partial charge in [-0.3, -0.25) is 0 Å². The molecule has 0 saturated carbocycles. The number of anilines is 3. The standard InChI is InChI=1S/C58H38N2O/c1-3-14-39(15-4-1)40-26-31-44(32-27-40)59(45-33-28-41(29-34-45)47-22-13-23-52-51-21-10-12-25-57(51)61-58(47)52)55-37-35-46(48-18-7-8-19-49(48)55)42-30-36-56-53(38-42)50-20-9-11-24-54(50)60(56)43-16-5-2-6-17-43/h1-38H. The highest BCUT2D eigenvalue weighted by atomic mass is 16.3. The summed E-state index contributed by atoms with van der Waals surface area (Å²) in [7, 11) is 0. The SMILES string of the molecule is c1ccc(-c2ccc(N(c3ccc(-c4cccc5c4oc4ccccc45)cc3)c3ccc(-c4ccc5c(c4)c4ccccc4n5-c4ccccc4)c4ccccc34)cc2)cc1. The van der Waals surface area contributed by atoms with Crippen molar-refractivity contribution in [2.45, 2.75) is 0 Å². The third-order valence-corrected chi connectivity index (χ3v) is 12.2. The fourth-order valence-electron chi connectivity index (χ4n) is 9.35. The molecule has 0 atom stereocenters. The van der Waals surface area contributed by atoms with Crippen LogP contribution in [0, 0.1) is 0 Å². The first-order valence-corrected chi connectivity index (χ1v) is 20.8. The minimum atomic E-state index is 0.904. The van der Waals surface area contributed by atoms with Gasteiger partial charge in [0, 0.05) is 49.6 Å². The van der Waals surface area contributed by atoms with Crippen molar-refractivity contribution in [2.75, 3.05) is 4.90 Å². The molecule has 0 N–H and O–H groups in total. The molecule has 0 spiro atoms. The van der Waals surface area contributed by atoms with Crippen LogP contribution in [0.25, 0.3) is 93.6 Å².